The summed E-state index contributed by atoms with van der Waals surface area (Å²) in [6, 6.07) is 0. The van der Waals surface area contributed by atoms with Crippen LogP contribution in [-0.4, -0.2) is 46.5 Å². The highest BCUT2D eigenvalue weighted by atomic mass is 19.1. The summed E-state index contributed by atoms with van der Waals surface area (Å²) in [6.45, 7) is 2.67. The fourth-order valence-corrected chi connectivity index (χ4v) is 1.81. The van der Waals surface area contributed by atoms with Crippen molar-refractivity contribution in [3.63, 3.8) is 0 Å². The maximum atomic E-state index is 13.2. The van der Waals surface area contributed by atoms with Crippen LogP contribution in [0, 0.1) is 6.08 Å². The summed E-state index contributed by atoms with van der Waals surface area (Å²) in [6.07, 6.45) is 0.873. The number of hydrogen-bond acceptors (Lipinski definition) is 5. The van der Waals surface area contributed by atoms with E-state index in [1.54, 1.807) is 6.20 Å². The number of halogens is 1. The van der Waals surface area contributed by atoms with Crippen molar-refractivity contribution in [1.82, 2.24) is 20.2 Å². The first-order valence-corrected chi connectivity index (χ1v) is 5.04. The number of H-pyrrole nitrogens is 1. The zero-order valence-electron chi connectivity index (χ0n) is 8.48. The number of anilines is 1. The lowest BCUT2D eigenvalue weighted by Gasteiger charge is -2.27. The van der Waals surface area contributed by atoms with Gasteiger partial charge in [-0.25, -0.2) is 0 Å². The first kappa shape index (κ1) is 9.46. The molecule has 0 amide bonds. The van der Waals surface area contributed by atoms with E-state index in [0.29, 0.717) is 37.8 Å². The molecule has 3 rings (SSSR count). The maximum Gasteiger partial charge on any atom is 0.312 e. The molecule has 1 aliphatic rings. The quantitative estimate of drug-likeness (QED) is 0.705. The zero-order valence-corrected chi connectivity index (χ0v) is 8.48. The molecule has 0 bridgehead atoms. The van der Waals surface area contributed by atoms with Gasteiger partial charge in [0.15, 0.2) is 5.65 Å². The summed E-state index contributed by atoms with van der Waals surface area (Å²) in [5.74, 6) is 0.583. The molecule has 6 nitrogen and oxygen atoms in total. The Morgan fingerprint density at radius 1 is 1.31 bits per heavy atom. The first-order valence-electron chi connectivity index (χ1n) is 5.04. The lowest BCUT2D eigenvalue weighted by Crippen LogP contribution is -2.37. The average Bonchev–Trinajstić information content (AvgIpc) is 2.77. The molecule has 16 heavy (non-hydrogen) atoms. The van der Waals surface area contributed by atoms with Crippen molar-refractivity contribution in [3.05, 3.63) is 12.3 Å². The van der Waals surface area contributed by atoms with Gasteiger partial charge in [-0.2, -0.15) is 19.5 Å². The largest absolute Gasteiger partial charge is 0.378 e. The van der Waals surface area contributed by atoms with E-state index in [9.17, 15) is 4.39 Å². The van der Waals surface area contributed by atoms with Crippen LogP contribution in [0.5, 0.6) is 0 Å². The van der Waals surface area contributed by atoms with E-state index in [-0.39, 0.29) is 0 Å². The Labute approximate surface area is 90.4 Å². The molecule has 0 atom stereocenters. The summed E-state index contributed by atoms with van der Waals surface area (Å²) < 4.78 is 18.4. The van der Waals surface area contributed by atoms with Crippen molar-refractivity contribution in [2.45, 2.75) is 0 Å². The van der Waals surface area contributed by atoms with Crippen molar-refractivity contribution in [3.8, 4) is 0 Å². The van der Waals surface area contributed by atoms with Crippen molar-refractivity contribution in [2.24, 2.45) is 0 Å². The summed E-state index contributed by atoms with van der Waals surface area (Å²) in [5, 5.41) is 7.23. The Bertz CT molecular complexity index is 508. The van der Waals surface area contributed by atoms with Crippen LogP contribution < -0.4 is 4.90 Å². The van der Waals surface area contributed by atoms with E-state index in [2.05, 4.69) is 20.2 Å². The molecule has 1 aliphatic heterocycles. The highest BCUT2D eigenvalue weighted by Gasteiger charge is 2.18. The lowest BCUT2D eigenvalue weighted by molar-refractivity contribution is 0.122. The molecule has 0 saturated carbocycles. The lowest BCUT2D eigenvalue weighted by atomic mass is 10.3. The van der Waals surface area contributed by atoms with E-state index in [1.165, 1.54) is 0 Å². The van der Waals surface area contributed by atoms with E-state index >= 15 is 0 Å². The molecule has 2 aromatic heterocycles. The molecule has 0 aromatic carbocycles. The van der Waals surface area contributed by atoms with Gasteiger partial charge in [0.2, 0.25) is 0 Å². The average molecular weight is 223 g/mol. The zero-order chi connectivity index (χ0) is 11.0. The molecular formula is C9H10FN5O. The normalized spacial score (nSPS) is 16.9. The SMILES string of the molecule is Fc1nc(N2CCOCC2)c2cn[nH]c2n1. The second-order valence-corrected chi connectivity index (χ2v) is 3.55. The van der Waals surface area contributed by atoms with E-state index in [0.717, 1.165) is 5.39 Å². The molecule has 1 saturated heterocycles. The van der Waals surface area contributed by atoms with Crippen LogP contribution >= 0.6 is 0 Å². The standard InChI is InChI=1S/C9H10FN5O/c10-9-12-7-6(5-11-14-7)8(13-9)15-1-3-16-4-2-15/h5H,1-4H2,(H,11,12,13,14). The van der Waals surface area contributed by atoms with Gasteiger partial charge in [-0.15, -0.1) is 0 Å². The molecule has 7 heteroatoms. The topological polar surface area (TPSA) is 66.9 Å². The molecule has 0 unspecified atom stereocenters. The number of aromatic nitrogens is 4. The number of fused-ring (bicyclic) bond motifs is 1. The Kier molecular flexibility index (Phi) is 2.17. The minimum Gasteiger partial charge on any atom is -0.378 e. The van der Waals surface area contributed by atoms with Crippen molar-refractivity contribution >= 4 is 16.9 Å². The molecule has 0 aliphatic carbocycles. The smallest absolute Gasteiger partial charge is 0.312 e. The van der Waals surface area contributed by atoms with Crippen LogP contribution in [-0.2, 0) is 4.74 Å². The fraction of sp³-hybridized carbons (Fsp3) is 0.444. The fourth-order valence-electron chi connectivity index (χ4n) is 1.81. The van der Waals surface area contributed by atoms with Crippen LogP contribution in [0.2, 0.25) is 0 Å². The van der Waals surface area contributed by atoms with Crippen LogP contribution in [0.4, 0.5) is 10.2 Å². The second kappa shape index (κ2) is 3.67. The Hall–Kier alpha value is -1.76. The monoisotopic (exact) mass is 223 g/mol. The van der Waals surface area contributed by atoms with Gasteiger partial charge < -0.3 is 9.64 Å². The van der Waals surface area contributed by atoms with Gasteiger partial charge in [0, 0.05) is 13.1 Å². The number of nitrogens with zero attached hydrogens (tertiary/aromatic N) is 4. The van der Waals surface area contributed by atoms with Gasteiger partial charge >= 0.3 is 6.08 Å². The Morgan fingerprint density at radius 3 is 2.94 bits per heavy atom. The summed E-state index contributed by atoms with van der Waals surface area (Å²) in [4.78, 5) is 9.45. The Morgan fingerprint density at radius 2 is 2.12 bits per heavy atom. The third-order valence-corrected chi connectivity index (χ3v) is 2.57. The van der Waals surface area contributed by atoms with Gasteiger partial charge in [-0.05, 0) is 0 Å². The number of aromatic amines is 1. The predicted octanol–water partition coefficient (Wildman–Crippen LogP) is 0.329. The van der Waals surface area contributed by atoms with Gasteiger partial charge in [0.25, 0.3) is 0 Å². The molecular weight excluding hydrogens is 213 g/mol. The third-order valence-electron chi connectivity index (χ3n) is 2.57. The minimum atomic E-state index is -0.738. The summed E-state index contributed by atoms with van der Waals surface area (Å²) in [5.41, 5.74) is 0.425. The third kappa shape index (κ3) is 1.49. The van der Waals surface area contributed by atoms with Crippen molar-refractivity contribution in [1.29, 1.82) is 0 Å². The van der Waals surface area contributed by atoms with Gasteiger partial charge in [-0.1, -0.05) is 0 Å². The minimum absolute atomic E-state index is 0.425. The van der Waals surface area contributed by atoms with Gasteiger partial charge in [-0.3, -0.25) is 5.10 Å². The van der Waals surface area contributed by atoms with E-state index < -0.39 is 6.08 Å². The van der Waals surface area contributed by atoms with Crippen LogP contribution in [0.25, 0.3) is 11.0 Å². The van der Waals surface area contributed by atoms with Crippen molar-refractivity contribution in [2.75, 3.05) is 31.2 Å². The molecule has 1 N–H and O–H groups in total. The number of morpholine rings is 1. The van der Waals surface area contributed by atoms with Gasteiger partial charge in [0.05, 0.1) is 24.8 Å². The van der Waals surface area contributed by atoms with E-state index in [4.69, 9.17) is 4.74 Å². The first-order chi connectivity index (χ1) is 7.84. The molecule has 84 valence electrons. The van der Waals surface area contributed by atoms with Gasteiger partial charge in [0.1, 0.15) is 5.82 Å². The number of hydrogen-bond donors (Lipinski definition) is 1. The highest BCUT2D eigenvalue weighted by molar-refractivity contribution is 5.86. The number of nitrogens with one attached hydrogen (secondary N) is 1. The second-order valence-electron chi connectivity index (χ2n) is 3.55. The summed E-state index contributed by atoms with van der Waals surface area (Å²) in [7, 11) is 0. The molecule has 0 radical (unpaired) electrons. The molecule has 1 fully saturated rings. The number of rotatable bonds is 1. The molecule has 2 aromatic rings. The maximum absolute atomic E-state index is 13.2. The van der Waals surface area contributed by atoms with E-state index in [1.807, 2.05) is 4.90 Å². The molecule has 3 heterocycles. The van der Waals surface area contributed by atoms with Crippen molar-refractivity contribution < 1.29 is 9.13 Å². The highest BCUT2D eigenvalue weighted by Crippen LogP contribution is 2.22. The van der Waals surface area contributed by atoms with Crippen LogP contribution in [0.3, 0.4) is 0 Å². The number of ether oxygens (including phenoxy) is 1. The predicted molar refractivity (Wildman–Crippen MR) is 54.7 cm³/mol. The van der Waals surface area contributed by atoms with Crippen LogP contribution in [0.15, 0.2) is 6.20 Å². The summed E-state index contributed by atoms with van der Waals surface area (Å²) >= 11 is 0. The Balaban J connectivity index is 2.09. The van der Waals surface area contributed by atoms with Crippen LogP contribution in [0.1, 0.15) is 0 Å². The molecule has 0 spiro atoms.